The van der Waals surface area contributed by atoms with Crippen molar-refractivity contribution in [1.29, 1.82) is 0 Å². The molecule has 2 aromatic rings. The summed E-state index contributed by atoms with van der Waals surface area (Å²) in [4.78, 5) is 37.7. The zero-order valence-electron chi connectivity index (χ0n) is 17.4. The summed E-state index contributed by atoms with van der Waals surface area (Å²) in [6.45, 7) is 6.54. The molecule has 0 saturated carbocycles. The van der Waals surface area contributed by atoms with Crippen LogP contribution < -0.4 is 5.32 Å². The highest BCUT2D eigenvalue weighted by atomic mass is 16.6. The maximum atomic E-state index is 12.3. The minimum Gasteiger partial charge on any atom is -0.444 e. The SMILES string of the molecule is CC(C)(C)OC(=O)N1CC=C(c2cccc3c(C4CCC(=O)NC4=O)noc23)CC1. The lowest BCUT2D eigenvalue weighted by Crippen LogP contribution is -2.39. The molecule has 1 unspecified atom stereocenters. The molecule has 8 heteroatoms. The number of hydrogen-bond acceptors (Lipinski definition) is 6. The lowest BCUT2D eigenvalue weighted by Gasteiger charge is -2.29. The van der Waals surface area contributed by atoms with Gasteiger partial charge < -0.3 is 14.2 Å². The summed E-state index contributed by atoms with van der Waals surface area (Å²) >= 11 is 0. The number of imide groups is 1. The van der Waals surface area contributed by atoms with Crippen LogP contribution in [0, 0.1) is 0 Å². The highest BCUT2D eigenvalue weighted by Crippen LogP contribution is 2.35. The van der Waals surface area contributed by atoms with Crippen LogP contribution >= 0.6 is 0 Å². The molecule has 0 bridgehead atoms. The lowest BCUT2D eigenvalue weighted by molar-refractivity contribution is -0.134. The predicted molar refractivity (Wildman–Crippen MR) is 110 cm³/mol. The maximum absolute atomic E-state index is 12.3. The number of para-hydroxylation sites is 1. The normalized spacial score (nSPS) is 20.2. The number of rotatable bonds is 2. The summed E-state index contributed by atoms with van der Waals surface area (Å²) in [7, 11) is 0. The zero-order valence-corrected chi connectivity index (χ0v) is 17.4. The fourth-order valence-electron chi connectivity index (χ4n) is 3.85. The summed E-state index contributed by atoms with van der Waals surface area (Å²) in [5, 5.41) is 7.32. The minimum atomic E-state index is -0.529. The van der Waals surface area contributed by atoms with Crippen molar-refractivity contribution in [3.8, 4) is 0 Å². The largest absolute Gasteiger partial charge is 0.444 e. The third-order valence-corrected chi connectivity index (χ3v) is 5.30. The van der Waals surface area contributed by atoms with Crippen LogP contribution in [0.4, 0.5) is 4.79 Å². The number of benzene rings is 1. The van der Waals surface area contributed by atoms with E-state index in [9.17, 15) is 14.4 Å². The molecule has 1 fully saturated rings. The molecule has 0 spiro atoms. The van der Waals surface area contributed by atoms with Gasteiger partial charge in [0.2, 0.25) is 11.8 Å². The molecule has 0 aliphatic carbocycles. The van der Waals surface area contributed by atoms with Gasteiger partial charge in [0.25, 0.3) is 0 Å². The summed E-state index contributed by atoms with van der Waals surface area (Å²) in [6, 6.07) is 5.74. The Balaban J connectivity index is 1.57. The van der Waals surface area contributed by atoms with Crippen LogP contribution in [0.15, 0.2) is 28.8 Å². The number of nitrogens with one attached hydrogen (secondary N) is 1. The van der Waals surface area contributed by atoms with Crippen molar-refractivity contribution in [2.24, 2.45) is 0 Å². The van der Waals surface area contributed by atoms with Gasteiger partial charge in [-0.1, -0.05) is 23.4 Å². The highest BCUT2D eigenvalue weighted by molar-refractivity contribution is 6.03. The molecule has 158 valence electrons. The monoisotopic (exact) mass is 411 g/mol. The first kappa shape index (κ1) is 20.1. The fraction of sp³-hybridized carbons (Fsp3) is 0.455. The van der Waals surface area contributed by atoms with Crippen molar-refractivity contribution in [3.05, 3.63) is 35.5 Å². The quantitative estimate of drug-likeness (QED) is 0.760. The number of hydrogen-bond donors (Lipinski definition) is 1. The number of ether oxygens (including phenoxy) is 1. The summed E-state index contributed by atoms with van der Waals surface area (Å²) < 4.78 is 11.1. The van der Waals surface area contributed by atoms with Crippen LogP contribution in [-0.2, 0) is 14.3 Å². The van der Waals surface area contributed by atoms with E-state index in [1.54, 1.807) is 4.90 Å². The van der Waals surface area contributed by atoms with Gasteiger partial charge in [-0.05, 0) is 45.3 Å². The van der Waals surface area contributed by atoms with E-state index in [-0.39, 0.29) is 24.3 Å². The molecule has 4 rings (SSSR count). The van der Waals surface area contributed by atoms with Gasteiger partial charge in [0.1, 0.15) is 11.3 Å². The van der Waals surface area contributed by atoms with E-state index in [4.69, 9.17) is 9.26 Å². The van der Waals surface area contributed by atoms with Crippen molar-refractivity contribution in [2.75, 3.05) is 13.1 Å². The first-order valence-corrected chi connectivity index (χ1v) is 10.1. The van der Waals surface area contributed by atoms with Crippen molar-refractivity contribution >= 4 is 34.4 Å². The molecule has 2 aliphatic heterocycles. The molecular formula is C22H25N3O5. The fourth-order valence-corrected chi connectivity index (χ4v) is 3.85. The van der Waals surface area contributed by atoms with E-state index in [0.29, 0.717) is 37.2 Å². The molecule has 1 saturated heterocycles. The first-order chi connectivity index (χ1) is 14.2. The van der Waals surface area contributed by atoms with E-state index in [1.165, 1.54) is 0 Å². The van der Waals surface area contributed by atoms with Gasteiger partial charge in [-0.3, -0.25) is 14.9 Å². The van der Waals surface area contributed by atoms with Crippen LogP contribution in [0.1, 0.15) is 57.2 Å². The molecule has 1 aromatic carbocycles. The van der Waals surface area contributed by atoms with Crippen molar-refractivity contribution in [3.63, 3.8) is 0 Å². The van der Waals surface area contributed by atoms with Crippen LogP contribution in [0.5, 0.6) is 0 Å². The number of carbonyl (C=O) groups is 3. The van der Waals surface area contributed by atoms with E-state index in [0.717, 1.165) is 16.5 Å². The first-order valence-electron chi connectivity index (χ1n) is 10.1. The molecule has 1 atom stereocenters. The number of carbonyl (C=O) groups excluding carboxylic acids is 3. The maximum Gasteiger partial charge on any atom is 0.410 e. The smallest absolute Gasteiger partial charge is 0.410 e. The Hall–Kier alpha value is -3.16. The Bertz CT molecular complexity index is 1050. The second kappa shape index (κ2) is 7.59. The number of nitrogens with zero attached hydrogens (tertiary/aromatic N) is 2. The summed E-state index contributed by atoms with van der Waals surface area (Å²) in [6.07, 6.45) is 3.04. The van der Waals surface area contributed by atoms with E-state index in [1.807, 2.05) is 45.0 Å². The molecule has 1 N–H and O–H groups in total. The van der Waals surface area contributed by atoms with Crippen LogP contribution in [0.25, 0.3) is 16.5 Å². The Morgan fingerprint density at radius 3 is 2.73 bits per heavy atom. The summed E-state index contributed by atoms with van der Waals surface area (Å²) in [5.74, 6) is -1.09. The Morgan fingerprint density at radius 1 is 1.27 bits per heavy atom. The van der Waals surface area contributed by atoms with Crippen molar-refractivity contribution in [1.82, 2.24) is 15.4 Å². The number of amides is 3. The van der Waals surface area contributed by atoms with Gasteiger partial charge in [0.05, 0.1) is 5.92 Å². The third-order valence-electron chi connectivity index (χ3n) is 5.30. The van der Waals surface area contributed by atoms with E-state index in [2.05, 4.69) is 10.5 Å². The second-order valence-electron chi connectivity index (χ2n) is 8.66. The average molecular weight is 411 g/mol. The standard InChI is InChI=1S/C22H25N3O5/c1-22(2,3)29-21(28)25-11-9-13(10-12-25)14-5-4-6-15-18(24-30-19(14)15)16-7-8-17(26)23-20(16)27/h4-6,9,16H,7-8,10-12H2,1-3H3,(H,23,26,27). The molecule has 0 radical (unpaired) electrons. The number of aromatic nitrogens is 1. The van der Waals surface area contributed by atoms with Crippen molar-refractivity contribution < 1.29 is 23.6 Å². The highest BCUT2D eigenvalue weighted by Gasteiger charge is 2.32. The second-order valence-corrected chi connectivity index (χ2v) is 8.66. The van der Waals surface area contributed by atoms with Gasteiger partial charge in [-0.2, -0.15) is 0 Å². The molecule has 30 heavy (non-hydrogen) atoms. The van der Waals surface area contributed by atoms with E-state index >= 15 is 0 Å². The van der Waals surface area contributed by atoms with Gasteiger partial charge in [-0.25, -0.2) is 4.79 Å². The molecule has 1 aromatic heterocycles. The van der Waals surface area contributed by atoms with Gasteiger partial charge in [-0.15, -0.1) is 0 Å². The zero-order chi connectivity index (χ0) is 21.5. The molecule has 3 amide bonds. The van der Waals surface area contributed by atoms with Crippen LogP contribution in [0.3, 0.4) is 0 Å². The third kappa shape index (κ3) is 3.94. The molecular weight excluding hydrogens is 386 g/mol. The average Bonchev–Trinajstić information content (AvgIpc) is 3.11. The Kier molecular flexibility index (Phi) is 5.09. The molecule has 2 aliphatic rings. The molecule has 3 heterocycles. The predicted octanol–water partition coefficient (Wildman–Crippen LogP) is 3.37. The Morgan fingerprint density at radius 2 is 2.07 bits per heavy atom. The van der Waals surface area contributed by atoms with E-state index < -0.39 is 11.5 Å². The molecule has 8 nitrogen and oxygen atoms in total. The number of fused-ring (bicyclic) bond motifs is 1. The minimum absolute atomic E-state index is 0.258. The number of piperidine rings is 1. The lowest BCUT2D eigenvalue weighted by atomic mass is 9.91. The van der Waals surface area contributed by atoms with Crippen LogP contribution in [-0.4, -0.2) is 46.7 Å². The Labute approximate surface area is 174 Å². The summed E-state index contributed by atoms with van der Waals surface area (Å²) in [5.41, 5.74) is 2.62. The van der Waals surface area contributed by atoms with Gasteiger partial charge in [0, 0.05) is 30.5 Å². The topological polar surface area (TPSA) is 102 Å². The van der Waals surface area contributed by atoms with Gasteiger partial charge >= 0.3 is 6.09 Å². The van der Waals surface area contributed by atoms with Gasteiger partial charge in [0.15, 0.2) is 5.58 Å². The van der Waals surface area contributed by atoms with Crippen molar-refractivity contribution in [2.45, 2.75) is 51.6 Å². The van der Waals surface area contributed by atoms with Crippen LogP contribution in [0.2, 0.25) is 0 Å².